The molecule has 2 unspecified atom stereocenters. The van der Waals surface area contributed by atoms with Gasteiger partial charge in [-0.05, 0) is 50.6 Å². The number of benzene rings is 1. The van der Waals surface area contributed by atoms with Gasteiger partial charge in [0, 0.05) is 6.04 Å². The van der Waals surface area contributed by atoms with E-state index in [1.165, 1.54) is 6.07 Å². The van der Waals surface area contributed by atoms with Crippen LogP contribution in [0.4, 0.5) is 4.39 Å². The van der Waals surface area contributed by atoms with Gasteiger partial charge in [0.2, 0.25) is 0 Å². The highest BCUT2D eigenvalue weighted by Crippen LogP contribution is 2.28. The normalized spacial score (nSPS) is 14.2. The second-order valence-corrected chi connectivity index (χ2v) is 4.78. The molecule has 3 nitrogen and oxygen atoms in total. The van der Waals surface area contributed by atoms with E-state index < -0.39 is 11.9 Å². The van der Waals surface area contributed by atoms with Gasteiger partial charge in [0.15, 0.2) is 17.7 Å². The maximum Gasteiger partial charge on any atom is 0.171 e. The van der Waals surface area contributed by atoms with Crippen molar-refractivity contribution in [1.29, 1.82) is 0 Å². The van der Waals surface area contributed by atoms with E-state index in [9.17, 15) is 4.39 Å². The van der Waals surface area contributed by atoms with Crippen molar-refractivity contribution in [2.75, 3.05) is 0 Å². The van der Waals surface area contributed by atoms with E-state index in [0.29, 0.717) is 5.76 Å². The van der Waals surface area contributed by atoms with Crippen molar-refractivity contribution < 1.29 is 13.5 Å². The molecule has 0 spiro atoms. The molecule has 0 saturated heterocycles. The van der Waals surface area contributed by atoms with Crippen LogP contribution in [0.5, 0.6) is 5.75 Å². The smallest absolute Gasteiger partial charge is 0.171 e. The lowest BCUT2D eigenvalue weighted by Crippen LogP contribution is -2.29. The third-order valence-electron chi connectivity index (χ3n) is 2.86. The quantitative estimate of drug-likeness (QED) is 0.918. The highest BCUT2D eigenvalue weighted by Gasteiger charge is 2.23. The van der Waals surface area contributed by atoms with E-state index >= 15 is 0 Å². The fourth-order valence-corrected chi connectivity index (χ4v) is 1.87. The molecule has 1 aromatic carbocycles. The van der Waals surface area contributed by atoms with Gasteiger partial charge in [0.25, 0.3) is 0 Å². The third kappa shape index (κ3) is 3.15. The monoisotopic (exact) mass is 263 g/mol. The van der Waals surface area contributed by atoms with Crippen LogP contribution in [-0.4, -0.2) is 6.04 Å². The second-order valence-electron chi connectivity index (χ2n) is 4.78. The fourth-order valence-electron chi connectivity index (χ4n) is 1.87. The molecule has 0 aliphatic carbocycles. The van der Waals surface area contributed by atoms with Gasteiger partial charge in [-0.15, -0.1) is 0 Å². The van der Waals surface area contributed by atoms with Crippen molar-refractivity contribution in [2.45, 2.75) is 32.9 Å². The SMILES string of the molecule is Cc1ccc(F)c(OC(c2ccc(C)o2)C(C)N)c1. The summed E-state index contributed by atoms with van der Waals surface area (Å²) in [7, 11) is 0. The Morgan fingerprint density at radius 1 is 1.21 bits per heavy atom. The summed E-state index contributed by atoms with van der Waals surface area (Å²) < 4.78 is 24.9. The Labute approximate surface area is 112 Å². The lowest BCUT2D eigenvalue weighted by atomic mass is 10.1. The topological polar surface area (TPSA) is 48.4 Å². The Hall–Kier alpha value is -1.81. The van der Waals surface area contributed by atoms with Crippen LogP contribution < -0.4 is 10.5 Å². The first-order valence-corrected chi connectivity index (χ1v) is 6.22. The zero-order valence-electron chi connectivity index (χ0n) is 11.3. The lowest BCUT2D eigenvalue weighted by molar-refractivity contribution is 0.145. The fraction of sp³-hybridized carbons (Fsp3) is 0.333. The van der Waals surface area contributed by atoms with Crippen molar-refractivity contribution in [1.82, 2.24) is 0 Å². The average molecular weight is 263 g/mol. The molecule has 2 aromatic rings. The molecule has 102 valence electrons. The summed E-state index contributed by atoms with van der Waals surface area (Å²) >= 11 is 0. The molecule has 0 aliphatic rings. The van der Waals surface area contributed by atoms with Gasteiger partial charge in [0.05, 0.1) is 0 Å². The van der Waals surface area contributed by atoms with Crippen molar-refractivity contribution in [2.24, 2.45) is 5.73 Å². The van der Waals surface area contributed by atoms with Crippen LogP contribution in [-0.2, 0) is 0 Å². The van der Waals surface area contributed by atoms with Gasteiger partial charge in [-0.2, -0.15) is 0 Å². The number of nitrogens with two attached hydrogens (primary N) is 1. The minimum Gasteiger partial charge on any atom is -0.478 e. The molecule has 19 heavy (non-hydrogen) atoms. The Morgan fingerprint density at radius 3 is 2.53 bits per heavy atom. The molecule has 0 bridgehead atoms. The summed E-state index contributed by atoms with van der Waals surface area (Å²) in [5.74, 6) is 1.17. The van der Waals surface area contributed by atoms with Crippen LogP contribution in [0.15, 0.2) is 34.7 Å². The Kier molecular flexibility index (Phi) is 3.90. The van der Waals surface area contributed by atoms with Gasteiger partial charge in [-0.3, -0.25) is 0 Å². The van der Waals surface area contributed by atoms with Gasteiger partial charge in [-0.25, -0.2) is 4.39 Å². The molecular formula is C15H18FNO2. The van der Waals surface area contributed by atoms with Crippen LogP contribution in [0.1, 0.15) is 30.1 Å². The van der Waals surface area contributed by atoms with E-state index in [4.69, 9.17) is 14.9 Å². The average Bonchev–Trinajstić information content (AvgIpc) is 2.76. The van der Waals surface area contributed by atoms with Crippen molar-refractivity contribution >= 4 is 0 Å². The second kappa shape index (κ2) is 5.45. The number of ether oxygens (including phenoxy) is 1. The molecule has 0 fully saturated rings. The molecule has 1 aromatic heterocycles. The molecular weight excluding hydrogens is 245 g/mol. The summed E-state index contributed by atoms with van der Waals surface area (Å²) in [6.07, 6.45) is -0.509. The molecule has 1 heterocycles. The van der Waals surface area contributed by atoms with Gasteiger partial charge in [-0.1, -0.05) is 6.07 Å². The summed E-state index contributed by atoms with van der Waals surface area (Å²) in [4.78, 5) is 0. The summed E-state index contributed by atoms with van der Waals surface area (Å²) in [5.41, 5.74) is 6.83. The number of rotatable bonds is 4. The molecule has 0 amide bonds. The number of halogens is 1. The first-order chi connectivity index (χ1) is 8.97. The first-order valence-electron chi connectivity index (χ1n) is 6.22. The standard InChI is InChI=1S/C15H18FNO2/c1-9-4-6-12(16)14(8-9)19-15(11(3)17)13-7-5-10(2)18-13/h4-8,11,15H,17H2,1-3H3. The molecule has 4 heteroatoms. The van der Waals surface area contributed by atoms with E-state index in [-0.39, 0.29) is 11.8 Å². The largest absolute Gasteiger partial charge is 0.478 e. The Morgan fingerprint density at radius 2 is 1.95 bits per heavy atom. The lowest BCUT2D eigenvalue weighted by Gasteiger charge is -2.21. The zero-order chi connectivity index (χ0) is 14.0. The highest BCUT2D eigenvalue weighted by atomic mass is 19.1. The maximum atomic E-state index is 13.7. The van der Waals surface area contributed by atoms with Crippen LogP contribution >= 0.6 is 0 Å². The van der Waals surface area contributed by atoms with Crippen LogP contribution in [0.3, 0.4) is 0 Å². The highest BCUT2D eigenvalue weighted by molar-refractivity contribution is 5.30. The third-order valence-corrected chi connectivity index (χ3v) is 2.86. The van der Waals surface area contributed by atoms with Crippen molar-refractivity contribution in [3.8, 4) is 5.75 Å². The first kappa shape index (κ1) is 13.6. The summed E-state index contributed by atoms with van der Waals surface area (Å²) in [5, 5.41) is 0. The molecule has 0 radical (unpaired) electrons. The van der Waals surface area contributed by atoms with Crippen LogP contribution in [0, 0.1) is 19.7 Å². The van der Waals surface area contributed by atoms with Gasteiger partial charge in [0.1, 0.15) is 11.5 Å². The zero-order valence-corrected chi connectivity index (χ0v) is 11.3. The summed E-state index contributed by atoms with van der Waals surface area (Å²) in [6.45, 7) is 5.52. The molecule has 2 rings (SSSR count). The van der Waals surface area contributed by atoms with E-state index in [1.54, 1.807) is 25.1 Å². The molecule has 0 aliphatic heterocycles. The van der Waals surface area contributed by atoms with Gasteiger partial charge < -0.3 is 14.9 Å². The van der Waals surface area contributed by atoms with Crippen molar-refractivity contribution in [3.63, 3.8) is 0 Å². The maximum absolute atomic E-state index is 13.7. The number of hydrogen-bond acceptors (Lipinski definition) is 3. The van der Waals surface area contributed by atoms with Crippen molar-refractivity contribution in [3.05, 3.63) is 53.2 Å². The van der Waals surface area contributed by atoms with E-state index in [2.05, 4.69) is 0 Å². The number of hydrogen-bond donors (Lipinski definition) is 1. The minimum atomic E-state index is -0.509. The van der Waals surface area contributed by atoms with Gasteiger partial charge >= 0.3 is 0 Å². The molecule has 2 N–H and O–H groups in total. The predicted octanol–water partition coefficient (Wildman–Crippen LogP) is 3.50. The minimum absolute atomic E-state index is 0.191. The number of aryl methyl sites for hydroxylation is 2. The Balaban J connectivity index is 2.29. The van der Waals surface area contributed by atoms with E-state index in [0.717, 1.165) is 11.3 Å². The van der Waals surface area contributed by atoms with Crippen LogP contribution in [0.2, 0.25) is 0 Å². The summed E-state index contributed by atoms with van der Waals surface area (Å²) in [6, 6.07) is 8.06. The Bertz CT molecular complexity index is 563. The molecule has 0 saturated carbocycles. The van der Waals surface area contributed by atoms with Crippen LogP contribution in [0.25, 0.3) is 0 Å². The van der Waals surface area contributed by atoms with E-state index in [1.807, 2.05) is 19.9 Å². The molecule has 2 atom stereocenters. The number of furan rings is 1. The predicted molar refractivity (Wildman–Crippen MR) is 71.6 cm³/mol.